The lowest BCUT2D eigenvalue weighted by Crippen LogP contribution is -2.32. The van der Waals surface area contributed by atoms with E-state index in [4.69, 9.17) is 37.4 Å². The number of benzene rings is 2. The van der Waals surface area contributed by atoms with Gasteiger partial charge in [0, 0.05) is 19.2 Å². The number of hydrogen-bond acceptors (Lipinski definition) is 6. The molecule has 1 heterocycles. The highest BCUT2D eigenvalue weighted by atomic mass is 35.5. The first kappa shape index (κ1) is 23.9. The van der Waals surface area contributed by atoms with Gasteiger partial charge >= 0.3 is 0 Å². The Bertz CT molecular complexity index is 1070. The number of nitrogens with zero attached hydrogens (tertiary/aromatic N) is 1. The molecule has 170 valence electrons. The van der Waals surface area contributed by atoms with E-state index in [0.717, 1.165) is 0 Å². The van der Waals surface area contributed by atoms with Gasteiger partial charge in [-0.2, -0.15) is 0 Å². The van der Waals surface area contributed by atoms with E-state index in [9.17, 15) is 14.7 Å². The van der Waals surface area contributed by atoms with Crippen molar-refractivity contribution >= 4 is 40.7 Å². The molecule has 1 aliphatic heterocycles. The maximum Gasteiger partial charge on any atom is 0.295 e. The summed E-state index contributed by atoms with van der Waals surface area (Å²) in [6.45, 7) is 2.66. The molecule has 0 bridgehead atoms. The highest BCUT2D eigenvalue weighted by Crippen LogP contribution is 2.42. The minimum atomic E-state index is -0.857. The smallest absolute Gasteiger partial charge is 0.295 e. The van der Waals surface area contributed by atoms with E-state index >= 15 is 0 Å². The van der Waals surface area contributed by atoms with Gasteiger partial charge in [0.05, 0.1) is 42.0 Å². The van der Waals surface area contributed by atoms with Crippen LogP contribution >= 0.6 is 23.2 Å². The maximum atomic E-state index is 13.0. The lowest BCUT2D eigenvalue weighted by atomic mass is 9.95. The fourth-order valence-electron chi connectivity index (χ4n) is 3.57. The zero-order valence-corrected chi connectivity index (χ0v) is 19.4. The highest BCUT2D eigenvalue weighted by Gasteiger charge is 2.46. The molecule has 2 aromatic rings. The van der Waals surface area contributed by atoms with Crippen LogP contribution in [0.15, 0.2) is 42.0 Å². The molecule has 1 N–H and O–H groups in total. The van der Waals surface area contributed by atoms with E-state index in [0.29, 0.717) is 28.7 Å². The van der Waals surface area contributed by atoms with E-state index in [1.807, 2.05) is 6.92 Å². The van der Waals surface area contributed by atoms with Crippen LogP contribution in [-0.2, 0) is 14.3 Å². The summed E-state index contributed by atoms with van der Waals surface area (Å²) in [6, 6.07) is 8.74. The Balaban J connectivity index is 2.19. The maximum absolute atomic E-state index is 13.0. The highest BCUT2D eigenvalue weighted by molar-refractivity contribution is 6.46. The summed E-state index contributed by atoms with van der Waals surface area (Å²) in [5.41, 5.74) is 0.782. The number of rotatable bonds is 8. The monoisotopic (exact) mass is 479 g/mol. The van der Waals surface area contributed by atoms with E-state index in [2.05, 4.69) is 0 Å². The summed E-state index contributed by atoms with van der Waals surface area (Å²) in [7, 11) is 3.00. The van der Waals surface area contributed by atoms with E-state index in [1.54, 1.807) is 18.2 Å². The number of carbonyl (C=O) groups is 2. The number of Topliss-reactive ketones (excluding diaryl/α,β-unsaturated/α-hetero) is 1. The number of aliphatic hydroxyl groups excluding tert-OH is 1. The number of halogens is 2. The minimum absolute atomic E-state index is 0.0595. The molecular weight excluding hydrogens is 457 g/mol. The Labute approximate surface area is 196 Å². The standard InChI is InChI=1S/C23H23Cl2NO6/c1-4-32-17-8-6-13(12-18(17)31-3)20-19(22(28)23(29)26(20)9-10-30-2)21(27)14-5-7-15(24)16(25)11-14/h5-8,11-12,20,27H,4,9-10H2,1-3H3/b21-19-. The number of ketones is 1. The SMILES string of the molecule is CCOc1ccc(C2/C(=C(/O)c3ccc(Cl)c(Cl)c3)C(=O)C(=O)N2CCOC)cc1OC. The minimum Gasteiger partial charge on any atom is -0.507 e. The van der Waals surface area contributed by atoms with Crippen LogP contribution < -0.4 is 9.47 Å². The zero-order valence-electron chi connectivity index (χ0n) is 17.9. The molecule has 0 saturated carbocycles. The molecular formula is C23H23Cl2NO6. The molecule has 3 rings (SSSR count). The first-order chi connectivity index (χ1) is 15.3. The van der Waals surface area contributed by atoms with Crippen LogP contribution in [0.25, 0.3) is 5.76 Å². The lowest BCUT2D eigenvalue weighted by molar-refractivity contribution is -0.140. The Hall–Kier alpha value is -2.74. The molecule has 2 aromatic carbocycles. The molecule has 0 aliphatic carbocycles. The van der Waals surface area contributed by atoms with Gasteiger partial charge in [-0.25, -0.2) is 0 Å². The predicted molar refractivity (Wildman–Crippen MR) is 122 cm³/mol. The van der Waals surface area contributed by atoms with Gasteiger partial charge in [-0.3, -0.25) is 9.59 Å². The first-order valence-electron chi connectivity index (χ1n) is 9.87. The van der Waals surface area contributed by atoms with Crippen molar-refractivity contribution in [2.45, 2.75) is 13.0 Å². The van der Waals surface area contributed by atoms with Crippen LogP contribution in [0.4, 0.5) is 0 Å². The zero-order chi connectivity index (χ0) is 23.4. The second kappa shape index (κ2) is 10.3. The summed E-state index contributed by atoms with van der Waals surface area (Å²) >= 11 is 12.1. The molecule has 1 saturated heterocycles. The molecule has 9 heteroatoms. The summed E-state index contributed by atoms with van der Waals surface area (Å²) in [5.74, 6) is -0.919. The van der Waals surface area contributed by atoms with Crippen molar-refractivity contribution in [2.75, 3.05) is 34.0 Å². The largest absolute Gasteiger partial charge is 0.507 e. The fourth-order valence-corrected chi connectivity index (χ4v) is 3.87. The van der Waals surface area contributed by atoms with Crippen molar-refractivity contribution in [1.82, 2.24) is 4.90 Å². The van der Waals surface area contributed by atoms with E-state index in [-0.39, 0.29) is 35.1 Å². The molecule has 1 atom stereocenters. The van der Waals surface area contributed by atoms with Gasteiger partial charge in [0.25, 0.3) is 11.7 Å². The van der Waals surface area contributed by atoms with Crippen LogP contribution in [0, 0.1) is 0 Å². The molecule has 1 unspecified atom stereocenters. The summed E-state index contributed by atoms with van der Waals surface area (Å²) < 4.78 is 16.1. The summed E-state index contributed by atoms with van der Waals surface area (Å²) in [6.07, 6.45) is 0. The first-order valence-corrected chi connectivity index (χ1v) is 10.6. The van der Waals surface area contributed by atoms with Gasteiger partial charge in [-0.15, -0.1) is 0 Å². The van der Waals surface area contributed by atoms with E-state index in [1.165, 1.54) is 37.3 Å². The lowest BCUT2D eigenvalue weighted by Gasteiger charge is -2.25. The van der Waals surface area contributed by atoms with E-state index < -0.39 is 17.7 Å². The molecule has 32 heavy (non-hydrogen) atoms. The van der Waals surface area contributed by atoms with Gasteiger partial charge in [0.1, 0.15) is 5.76 Å². The third-order valence-electron chi connectivity index (χ3n) is 5.07. The molecule has 0 spiro atoms. The number of hydrogen-bond donors (Lipinski definition) is 1. The van der Waals surface area contributed by atoms with Crippen LogP contribution in [-0.4, -0.2) is 55.7 Å². The molecule has 0 radical (unpaired) electrons. The van der Waals surface area contributed by atoms with Gasteiger partial charge in [-0.05, 0) is 42.8 Å². The predicted octanol–water partition coefficient (Wildman–Crippen LogP) is 4.47. The Kier molecular flexibility index (Phi) is 7.66. The summed E-state index contributed by atoms with van der Waals surface area (Å²) in [5, 5.41) is 11.6. The third kappa shape index (κ3) is 4.55. The van der Waals surface area contributed by atoms with Crippen molar-refractivity contribution in [3.05, 3.63) is 63.1 Å². The topological polar surface area (TPSA) is 85.3 Å². The quantitative estimate of drug-likeness (QED) is 0.341. The third-order valence-corrected chi connectivity index (χ3v) is 5.81. The van der Waals surface area contributed by atoms with Gasteiger partial charge < -0.3 is 24.2 Å². The number of methoxy groups -OCH3 is 2. The number of carbonyl (C=O) groups excluding carboxylic acids is 2. The number of amides is 1. The van der Waals surface area contributed by atoms with Crippen LogP contribution in [0.3, 0.4) is 0 Å². The number of ether oxygens (including phenoxy) is 3. The molecule has 1 aliphatic rings. The van der Waals surface area contributed by atoms with Crippen molar-refractivity contribution in [1.29, 1.82) is 0 Å². The van der Waals surface area contributed by atoms with Crippen LogP contribution in [0.1, 0.15) is 24.1 Å². The Morgan fingerprint density at radius 2 is 1.81 bits per heavy atom. The second-order valence-corrected chi connectivity index (χ2v) is 7.77. The Morgan fingerprint density at radius 1 is 1.06 bits per heavy atom. The number of aliphatic hydroxyl groups is 1. The molecule has 0 aromatic heterocycles. The Morgan fingerprint density at radius 3 is 2.44 bits per heavy atom. The number of likely N-dealkylation sites (tertiary alicyclic amines) is 1. The molecule has 7 nitrogen and oxygen atoms in total. The summed E-state index contributed by atoms with van der Waals surface area (Å²) in [4.78, 5) is 27.2. The average Bonchev–Trinajstić information content (AvgIpc) is 3.04. The molecule has 1 amide bonds. The van der Waals surface area contributed by atoms with Gasteiger partial charge in [0.15, 0.2) is 11.5 Å². The van der Waals surface area contributed by atoms with Crippen molar-refractivity contribution in [2.24, 2.45) is 0 Å². The van der Waals surface area contributed by atoms with Crippen molar-refractivity contribution < 1.29 is 28.9 Å². The molecule has 1 fully saturated rings. The van der Waals surface area contributed by atoms with Gasteiger partial charge in [0.2, 0.25) is 0 Å². The van der Waals surface area contributed by atoms with Crippen molar-refractivity contribution in [3.63, 3.8) is 0 Å². The fraction of sp³-hybridized carbons (Fsp3) is 0.304. The second-order valence-electron chi connectivity index (χ2n) is 6.96. The van der Waals surface area contributed by atoms with Crippen LogP contribution in [0.2, 0.25) is 10.0 Å². The normalized spacial score (nSPS) is 17.7. The van der Waals surface area contributed by atoms with Crippen LogP contribution in [0.5, 0.6) is 11.5 Å². The average molecular weight is 480 g/mol. The van der Waals surface area contributed by atoms with Crippen molar-refractivity contribution in [3.8, 4) is 11.5 Å². The van der Waals surface area contributed by atoms with Gasteiger partial charge in [-0.1, -0.05) is 29.3 Å².